The van der Waals surface area contributed by atoms with E-state index >= 15 is 0 Å². The van der Waals surface area contributed by atoms with E-state index < -0.39 is 0 Å². The monoisotopic (exact) mass is 289 g/mol. The van der Waals surface area contributed by atoms with E-state index in [1.54, 1.807) is 0 Å². The van der Waals surface area contributed by atoms with Crippen LogP contribution in [0.2, 0.25) is 0 Å². The molecule has 0 amide bonds. The van der Waals surface area contributed by atoms with E-state index in [0.717, 1.165) is 23.4 Å². The maximum absolute atomic E-state index is 11.8. The Balaban J connectivity index is 2.21. The molecule has 1 aromatic carbocycles. The van der Waals surface area contributed by atoms with Gasteiger partial charge in [0.15, 0.2) is 0 Å². The van der Waals surface area contributed by atoms with Gasteiger partial charge in [-0.1, -0.05) is 26.0 Å². The van der Waals surface area contributed by atoms with Crippen molar-refractivity contribution in [2.75, 3.05) is 7.11 Å². The van der Waals surface area contributed by atoms with Crippen molar-refractivity contribution in [1.82, 2.24) is 14.9 Å². The number of aryl methyl sites for hydroxylation is 1. The van der Waals surface area contributed by atoms with Crippen molar-refractivity contribution in [3.05, 3.63) is 30.1 Å². The average Bonchev–Trinajstić information content (AvgIpc) is 2.84. The van der Waals surface area contributed by atoms with Gasteiger partial charge in [-0.15, -0.1) is 0 Å². The number of hydrogen-bond donors (Lipinski definition) is 1. The van der Waals surface area contributed by atoms with Gasteiger partial charge in [0.1, 0.15) is 11.9 Å². The summed E-state index contributed by atoms with van der Waals surface area (Å²) in [4.78, 5) is 16.4. The molecule has 1 unspecified atom stereocenters. The molecule has 21 heavy (non-hydrogen) atoms. The average molecular weight is 289 g/mol. The van der Waals surface area contributed by atoms with Gasteiger partial charge in [-0.25, -0.2) is 4.98 Å². The molecule has 1 heterocycles. The van der Waals surface area contributed by atoms with Gasteiger partial charge in [0.2, 0.25) is 0 Å². The first-order chi connectivity index (χ1) is 10.1. The van der Waals surface area contributed by atoms with Crippen LogP contribution in [0.1, 0.15) is 26.6 Å². The fourth-order valence-corrected chi connectivity index (χ4v) is 2.53. The number of ether oxygens (including phenoxy) is 1. The Morgan fingerprint density at radius 2 is 2.10 bits per heavy atom. The Morgan fingerprint density at radius 1 is 1.38 bits per heavy atom. The van der Waals surface area contributed by atoms with Crippen molar-refractivity contribution in [2.24, 2.45) is 5.92 Å². The van der Waals surface area contributed by atoms with Crippen LogP contribution >= 0.6 is 0 Å². The van der Waals surface area contributed by atoms with Crippen LogP contribution in [0.15, 0.2) is 24.3 Å². The summed E-state index contributed by atoms with van der Waals surface area (Å²) >= 11 is 0. The third-order valence-electron chi connectivity index (χ3n) is 3.65. The smallest absolute Gasteiger partial charge is 0.323 e. The summed E-state index contributed by atoms with van der Waals surface area (Å²) in [5.41, 5.74) is 2.10. The lowest BCUT2D eigenvalue weighted by Crippen LogP contribution is -2.41. The predicted molar refractivity (Wildman–Crippen MR) is 82.9 cm³/mol. The molecule has 5 nitrogen and oxygen atoms in total. The maximum Gasteiger partial charge on any atom is 0.323 e. The number of nitrogens with one attached hydrogen (secondary N) is 1. The number of carbonyl (C=O) groups is 1. The Hall–Kier alpha value is -1.88. The number of rotatable bonds is 6. The molecule has 2 aromatic rings. The molecular weight excluding hydrogens is 266 g/mol. The minimum absolute atomic E-state index is 0.164. The highest BCUT2D eigenvalue weighted by Crippen LogP contribution is 2.16. The largest absolute Gasteiger partial charge is 0.468 e. The first-order valence-corrected chi connectivity index (χ1v) is 7.33. The molecule has 0 aliphatic heterocycles. The third-order valence-corrected chi connectivity index (χ3v) is 3.65. The van der Waals surface area contributed by atoms with Gasteiger partial charge >= 0.3 is 5.97 Å². The second-order valence-corrected chi connectivity index (χ2v) is 5.39. The molecule has 2 rings (SSSR count). The first-order valence-electron chi connectivity index (χ1n) is 7.33. The number of esters is 1. The van der Waals surface area contributed by atoms with Crippen molar-refractivity contribution in [1.29, 1.82) is 0 Å². The highest BCUT2D eigenvalue weighted by atomic mass is 16.5. The number of para-hydroxylation sites is 2. The summed E-state index contributed by atoms with van der Waals surface area (Å²) in [6.45, 7) is 7.48. The number of nitrogens with zero attached hydrogens (tertiary/aromatic N) is 2. The predicted octanol–water partition coefficient (Wildman–Crippen LogP) is 2.34. The minimum Gasteiger partial charge on any atom is -0.468 e. The first kappa shape index (κ1) is 15.5. The number of hydrogen-bond acceptors (Lipinski definition) is 4. The van der Waals surface area contributed by atoms with Crippen molar-refractivity contribution < 1.29 is 9.53 Å². The van der Waals surface area contributed by atoms with Crippen molar-refractivity contribution >= 4 is 17.0 Å². The van der Waals surface area contributed by atoms with Crippen LogP contribution in [-0.2, 0) is 22.6 Å². The molecule has 5 heteroatoms. The number of carbonyl (C=O) groups excluding carboxylic acids is 1. The highest BCUT2D eigenvalue weighted by molar-refractivity contribution is 5.76. The number of aromatic nitrogens is 2. The minimum atomic E-state index is -0.319. The van der Waals surface area contributed by atoms with E-state index in [1.165, 1.54) is 7.11 Å². The molecule has 0 saturated heterocycles. The highest BCUT2D eigenvalue weighted by Gasteiger charge is 2.23. The third kappa shape index (κ3) is 3.24. The zero-order chi connectivity index (χ0) is 15.4. The van der Waals surface area contributed by atoms with E-state index in [0.29, 0.717) is 6.54 Å². The Bertz CT molecular complexity index is 619. The van der Waals surface area contributed by atoms with Crippen LogP contribution < -0.4 is 5.32 Å². The van der Waals surface area contributed by atoms with Crippen LogP contribution in [0.4, 0.5) is 0 Å². The summed E-state index contributed by atoms with van der Waals surface area (Å²) in [6, 6.07) is 7.75. The lowest BCUT2D eigenvalue weighted by atomic mass is 10.0. The van der Waals surface area contributed by atoms with Gasteiger partial charge in [0.05, 0.1) is 24.7 Å². The summed E-state index contributed by atoms with van der Waals surface area (Å²) in [5, 5.41) is 3.26. The zero-order valence-electron chi connectivity index (χ0n) is 13.1. The number of benzene rings is 1. The van der Waals surface area contributed by atoms with Gasteiger partial charge in [-0.3, -0.25) is 10.1 Å². The SMILES string of the molecule is CCn1c(CNC(C(=O)OC)C(C)C)nc2ccccc21. The fourth-order valence-electron chi connectivity index (χ4n) is 2.53. The number of methoxy groups -OCH3 is 1. The van der Waals surface area contributed by atoms with E-state index in [9.17, 15) is 4.79 Å². The topological polar surface area (TPSA) is 56.2 Å². The Kier molecular flexibility index (Phi) is 4.96. The summed E-state index contributed by atoms with van der Waals surface area (Å²) in [7, 11) is 1.42. The van der Waals surface area contributed by atoms with E-state index in [-0.39, 0.29) is 17.9 Å². The van der Waals surface area contributed by atoms with Crippen LogP contribution in [-0.4, -0.2) is 28.7 Å². The van der Waals surface area contributed by atoms with Crippen LogP contribution in [0, 0.1) is 5.92 Å². The second-order valence-electron chi connectivity index (χ2n) is 5.39. The molecule has 114 valence electrons. The van der Waals surface area contributed by atoms with Gasteiger partial charge < -0.3 is 9.30 Å². The molecular formula is C16H23N3O2. The molecule has 1 aromatic heterocycles. The van der Waals surface area contributed by atoms with E-state index in [1.807, 2.05) is 32.0 Å². The standard InChI is InChI=1S/C16H23N3O2/c1-5-19-13-9-7-6-8-12(13)18-14(19)10-17-15(11(2)3)16(20)21-4/h6-9,11,15,17H,5,10H2,1-4H3. The van der Waals surface area contributed by atoms with Gasteiger partial charge in [0, 0.05) is 6.54 Å². The quantitative estimate of drug-likeness (QED) is 0.829. The maximum atomic E-state index is 11.8. The normalized spacial score (nSPS) is 12.8. The molecule has 0 spiro atoms. The van der Waals surface area contributed by atoms with E-state index in [2.05, 4.69) is 27.9 Å². The lowest BCUT2D eigenvalue weighted by Gasteiger charge is -2.19. The molecule has 1 N–H and O–H groups in total. The van der Waals surface area contributed by atoms with Gasteiger partial charge in [-0.2, -0.15) is 0 Å². The zero-order valence-corrected chi connectivity index (χ0v) is 13.1. The van der Waals surface area contributed by atoms with E-state index in [4.69, 9.17) is 4.74 Å². The molecule has 1 atom stereocenters. The van der Waals surface area contributed by atoms with Gasteiger partial charge in [0.25, 0.3) is 0 Å². The van der Waals surface area contributed by atoms with Crippen molar-refractivity contribution in [3.63, 3.8) is 0 Å². The van der Waals surface area contributed by atoms with Crippen LogP contribution in [0.5, 0.6) is 0 Å². The number of fused-ring (bicyclic) bond motifs is 1. The lowest BCUT2D eigenvalue weighted by molar-refractivity contribution is -0.144. The Morgan fingerprint density at radius 3 is 2.71 bits per heavy atom. The van der Waals surface area contributed by atoms with Crippen LogP contribution in [0.25, 0.3) is 11.0 Å². The second kappa shape index (κ2) is 6.72. The molecule has 0 aliphatic carbocycles. The molecule has 0 radical (unpaired) electrons. The van der Waals surface area contributed by atoms with Crippen molar-refractivity contribution in [3.8, 4) is 0 Å². The summed E-state index contributed by atoms with van der Waals surface area (Å²) in [6.07, 6.45) is 0. The molecule has 0 saturated carbocycles. The molecule has 0 aliphatic rings. The summed E-state index contributed by atoms with van der Waals surface area (Å²) in [5.74, 6) is 0.870. The van der Waals surface area contributed by atoms with Crippen molar-refractivity contribution in [2.45, 2.75) is 39.9 Å². The summed E-state index contributed by atoms with van der Waals surface area (Å²) < 4.78 is 7.01. The molecule has 0 fully saturated rings. The van der Waals surface area contributed by atoms with Gasteiger partial charge in [-0.05, 0) is 25.0 Å². The molecule has 0 bridgehead atoms. The van der Waals surface area contributed by atoms with Crippen LogP contribution in [0.3, 0.4) is 0 Å². The fraction of sp³-hybridized carbons (Fsp3) is 0.500. The Labute approximate surface area is 125 Å². The number of imidazole rings is 1.